The van der Waals surface area contributed by atoms with Gasteiger partial charge in [-0.3, -0.25) is 4.79 Å². The van der Waals surface area contributed by atoms with Crippen molar-refractivity contribution in [2.45, 2.75) is 77.7 Å². The van der Waals surface area contributed by atoms with Gasteiger partial charge in [0.1, 0.15) is 6.54 Å². The first-order valence-corrected chi connectivity index (χ1v) is 13.0. The number of carbonyl (C=O) groups is 1. The van der Waals surface area contributed by atoms with Gasteiger partial charge in [0.05, 0.1) is 12.7 Å². The van der Waals surface area contributed by atoms with Crippen LogP contribution in [-0.4, -0.2) is 71.8 Å². The van der Waals surface area contributed by atoms with Crippen molar-refractivity contribution >= 4 is 16.2 Å². The predicted octanol–water partition coefficient (Wildman–Crippen LogP) is 2.45. The summed E-state index contributed by atoms with van der Waals surface area (Å²) >= 11 is 0. The van der Waals surface area contributed by atoms with E-state index < -0.39 is 16.2 Å². The Hall–Kier alpha value is -0.740. The molecule has 0 spiro atoms. The molecule has 0 aromatic rings. The number of ether oxygens (including phenoxy) is 2. The maximum Gasteiger partial charge on any atom is 0.321 e. The van der Waals surface area contributed by atoms with Crippen LogP contribution in [0.15, 0.2) is 0 Å². The first-order chi connectivity index (χ1) is 14.4. The molecule has 9 heteroatoms. The fourth-order valence-corrected chi connectivity index (χ4v) is 4.49. The smallest absolute Gasteiger partial charge is 0.321 e. The number of carbonyl (C=O) groups excluding carboxylic acids is 1. The highest BCUT2D eigenvalue weighted by molar-refractivity contribution is 7.87. The van der Waals surface area contributed by atoms with Crippen LogP contribution >= 0.6 is 0 Å². The monoisotopic (exact) mass is 449 g/mol. The van der Waals surface area contributed by atoms with Crippen LogP contribution in [0.3, 0.4) is 0 Å². The molecule has 8 nitrogen and oxygen atoms in total. The van der Waals surface area contributed by atoms with Crippen LogP contribution in [-0.2, 0) is 24.5 Å². The van der Waals surface area contributed by atoms with Crippen LogP contribution in [0, 0.1) is 5.92 Å². The first-order valence-electron chi connectivity index (χ1n) is 11.6. The van der Waals surface area contributed by atoms with Crippen molar-refractivity contribution in [2.24, 2.45) is 5.92 Å². The minimum atomic E-state index is -3.68. The normalized spacial score (nSPS) is 19.9. The maximum absolute atomic E-state index is 11.9. The number of hydrogen-bond donors (Lipinski definition) is 2. The largest absolute Gasteiger partial charge is 0.465 e. The molecule has 0 aliphatic heterocycles. The SMILES string of the molecule is CCCCCN(C)CCCCOC1CCC(CNS(=O)(=O)NCC(=O)OCC)CC1. The Morgan fingerprint density at radius 3 is 2.30 bits per heavy atom. The third kappa shape index (κ3) is 13.5. The van der Waals surface area contributed by atoms with Crippen molar-refractivity contribution < 1.29 is 22.7 Å². The van der Waals surface area contributed by atoms with Gasteiger partial charge in [-0.25, -0.2) is 4.72 Å². The Labute approximate surface area is 183 Å². The summed E-state index contributed by atoms with van der Waals surface area (Å²) in [5, 5.41) is 0. The van der Waals surface area contributed by atoms with Crippen molar-refractivity contribution in [1.29, 1.82) is 0 Å². The number of unbranched alkanes of at least 4 members (excludes halogenated alkanes) is 3. The zero-order chi connectivity index (χ0) is 22.2. The summed E-state index contributed by atoms with van der Waals surface area (Å²) in [5.74, 6) is -0.274. The van der Waals surface area contributed by atoms with E-state index in [9.17, 15) is 13.2 Å². The summed E-state index contributed by atoms with van der Waals surface area (Å²) in [4.78, 5) is 13.7. The lowest BCUT2D eigenvalue weighted by atomic mass is 9.87. The number of rotatable bonds is 17. The van der Waals surface area contributed by atoms with E-state index in [0.717, 1.165) is 45.3 Å². The predicted molar refractivity (Wildman–Crippen MR) is 120 cm³/mol. The molecule has 0 saturated heterocycles. The number of esters is 1. The van der Waals surface area contributed by atoms with Gasteiger partial charge in [0.15, 0.2) is 0 Å². The molecule has 1 rings (SSSR count). The molecular formula is C21H43N3O5S. The molecule has 0 atom stereocenters. The lowest BCUT2D eigenvalue weighted by molar-refractivity contribution is -0.141. The lowest BCUT2D eigenvalue weighted by Crippen LogP contribution is -2.42. The second kappa shape index (κ2) is 16.0. The second-order valence-corrected chi connectivity index (χ2v) is 9.79. The molecule has 1 fully saturated rings. The van der Waals surface area contributed by atoms with E-state index in [-0.39, 0.29) is 13.2 Å². The fraction of sp³-hybridized carbons (Fsp3) is 0.952. The fourth-order valence-electron chi connectivity index (χ4n) is 3.62. The van der Waals surface area contributed by atoms with Gasteiger partial charge in [0, 0.05) is 13.2 Å². The van der Waals surface area contributed by atoms with Gasteiger partial charge in [-0.1, -0.05) is 19.8 Å². The minimum absolute atomic E-state index is 0.232. The maximum atomic E-state index is 11.9. The molecule has 0 aromatic carbocycles. The highest BCUT2D eigenvalue weighted by Gasteiger charge is 2.23. The van der Waals surface area contributed by atoms with Crippen LogP contribution < -0.4 is 9.44 Å². The third-order valence-electron chi connectivity index (χ3n) is 5.50. The molecule has 1 aliphatic rings. The molecule has 1 saturated carbocycles. The Balaban J connectivity index is 2.07. The summed E-state index contributed by atoms with van der Waals surface area (Å²) in [7, 11) is -1.49. The highest BCUT2D eigenvalue weighted by Crippen LogP contribution is 2.26. The van der Waals surface area contributed by atoms with E-state index in [4.69, 9.17) is 9.47 Å². The Kier molecular flexibility index (Phi) is 14.5. The lowest BCUT2D eigenvalue weighted by Gasteiger charge is -2.28. The summed E-state index contributed by atoms with van der Waals surface area (Å²) in [6, 6.07) is 0. The van der Waals surface area contributed by atoms with Gasteiger partial charge in [-0.15, -0.1) is 0 Å². The molecule has 0 amide bonds. The first kappa shape index (κ1) is 27.3. The summed E-state index contributed by atoms with van der Waals surface area (Å²) in [5.41, 5.74) is 0. The molecule has 178 valence electrons. The van der Waals surface area contributed by atoms with Crippen molar-refractivity contribution in [3.05, 3.63) is 0 Å². The zero-order valence-corrected chi connectivity index (χ0v) is 20.0. The van der Waals surface area contributed by atoms with Gasteiger partial charge in [0.2, 0.25) is 0 Å². The third-order valence-corrected chi connectivity index (χ3v) is 6.57. The van der Waals surface area contributed by atoms with Gasteiger partial charge in [-0.05, 0) is 77.9 Å². The molecule has 0 radical (unpaired) electrons. The van der Waals surface area contributed by atoms with Crippen LogP contribution in [0.2, 0.25) is 0 Å². The van der Waals surface area contributed by atoms with E-state index in [0.29, 0.717) is 18.6 Å². The van der Waals surface area contributed by atoms with Crippen LogP contribution in [0.4, 0.5) is 0 Å². The number of nitrogens with zero attached hydrogens (tertiary/aromatic N) is 1. The second-order valence-electron chi connectivity index (χ2n) is 8.21. The van der Waals surface area contributed by atoms with Crippen LogP contribution in [0.25, 0.3) is 0 Å². The van der Waals surface area contributed by atoms with E-state index in [2.05, 4.69) is 28.3 Å². The molecule has 1 aliphatic carbocycles. The molecule has 0 bridgehead atoms. The molecule has 0 unspecified atom stereocenters. The Morgan fingerprint density at radius 1 is 1.00 bits per heavy atom. The Bertz CT molecular complexity index is 551. The molecule has 0 heterocycles. The van der Waals surface area contributed by atoms with E-state index in [1.54, 1.807) is 6.92 Å². The van der Waals surface area contributed by atoms with Crippen molar-refractivity contribution in [2.75, 3.05) is 46.4 Å². The molecule has 0 aromatic heterocycles. The van der Waals surface area contributed by atoms with E-state index >= 15 is 0 Å². The average Bonchev–Trinajstić information content (AvgIpc) is 2.72. The van der Waals surface area contributed by atoms with Crippen molar-refractivity contribution in [3.63, 3.8) is 0 Å². The standard InChI is InChI=1S/C21H43N3O5S/c1-4-6-7-14-24(3)15-8-9-16-29-20-12-10-19(11-13-20)17-22-30(26,27)23-18-21(25)28-5-2/h19-20,22-23H,4-18H2,1-3H3. The van der Waals surface area contributed by atoms with Gasteiger partial charge >= 0.3 is 5.97 Å². The van der Waals surface area contributed by atoms with E-state index in [1.807, 2.05) is 0 Å². The highest BCUT2D eigenvalue weighted by atomic mass is 32.2. The van der Waals surface area contributed by atoms with Crippen molar-refractivity contribution in [1.82, 2.24) is 14.3 Å². The quantitative estimate of drug-likeness (QED) is 0.262. The zero-order valence-electron chi connectivity index (χ0n) is 19.2. The Morgan fingerprint density at radius 2 is 1.67 bits per heavy atom. The molecule has 2 N–H and O–H groups in total. The minimum Gasteiger partial charge on any atom is -0.465 e. The molecule has 30 heavy (non-hydrogen) atoms. The molecular weight excluding hydrogens is 406 g/mol. The van der Waals surface area contributed by atoms with Crippen LogP contribution in [0.5, 0.6) is 0 Å². The number of hydrogen-bond acceptors (Lipinski definition) is 6. The topological polar surface area (TPSA) is 97.0 Å². The summed E-state index contributed by atoms with van der Waals surface area (Å²) < 4.78 is 39.3. The van der Waals surface area contributed by atoms with Gasteiger partial charge in [-0.2, -0.15) is 13.1 Å². The van der Waals surface area contributed by atoms with Gasteiger partial charge < -0.3 is 14.4 Å². The summed E-state index contributed by atoms with van der Waals surface area (Å²) in [6.45, 7) is 7.30. The van der Waals surface area contributed by atoms with Crippen LogP contribution in [0.1, 0.15) is 71.6 Å². The summed E-state index contributed by atoms with van der Waals surface area (Å²) in [6.07, 6.45) is 10.2. The van der Waals surface area contributed by atoms with Gasteiger partial charge in [0.25, 0.3) is 10.2 Å². The average molecular weight is 450 g/mol. The number of nitrogens with one attached hydrogen (secondary N) is 2. The van der Waals surface area contributed by atoms with E-state index in [1.165, 1.54) is 32.2 Å². The van der Waals surface area contributed by atoms with Crippen molar-refractivity contribution in [3.8, 4) is 0 Å².